The fraction of sp³-hybridized carbons (Fsp3) is 0.750. The zero-order chi connectivity index (χ0) is 12.1. The third-order valence-corrected chi connectivity index (χ3v) is 3.31. The maximum Gasteiger partial charge on any atom is 0.237 e. The second-order valence-electron chi connectivity index (χ2n) is 4.69. The molecule has 0 bridgehead atoms. The quantitative estimate of drug-likeness (QED) is 0.685. The first-order valence-electron chi connectivity index (χ1n) is 5.91. The van der Waals surface area contributed by atoms with Crippen LogP contribution in [0.1, 0.15) is 26.2 Å². The van der Waals surface area contributed by atoms with Gasteiger partial charge in [0.15, 0.2) is 0 Å². The van der Waals surface area contributed by atoms with E-state index in [1.165, 1.54) is 0 Å². The van der Waals surface area contributed by atoms with Crippen LogP contribution >= 0.6 is 0 Å². The number of hydrogen-bond donors (Lipinski definition) is 2. The van der Waals surface area contributed by atoms with E-state index < -0.39 is 6.04 Å². The zero-order valence-electron chi connectivity index (χ0n) is 10.3. The number of hydrogen-bond acceptors (Lipinski definition) is 3. The monoisotopic (exact) mass is 225 g/mol. The molecule has 3 atom stereocenters. The lowest BCUT2D eigenvalue weighted by molar-refractivity contribution is -0.123. The number of piperidine rings is 1. The van der Waals surface area contributed by atoms with Crippen molar-refractivity contribution in [2.24, 2.45) is 5.73 Å². The van der Waals surface area contributed by atoms with Crippen molar-refractivity contribution in [2.45, 2.75) is 44.3 Å². The molecule has 1 saturated heterocycles. The molecule has 0 spiro atoms. The molecule has 16 heavy (non-hydrogen) atoms. The summed E-state index contributed by atoms with van der Waals surface area (Å²) in [6.45, 7) is 6.80. The molecule has 0 saturated carbocycles. The van der Waals surface area contributed by atoms with Crippen molar-refractivity contribution >= 4 is 5.91 Å². The van der Waals surface area contributed by atoms with Crippen LogP contribution < -0.4 is 11.1 Å². The van der Waals surface area contributed by atoms with Gasteiger partial charge in [-0.25, -0.2) is 0 Å². The molecule has 4 heteroatoms. The molecular weight excluding hydrogens is 202 g/mol. The van der Waals surface area contributed by atoms with Gasteiger partial charge in [0.25, 0.3) is 0 Å². The van der Waals surface area contributed by atoms with Gasteiger partial charge in [0, 0.05) is 18.6 Å². The lowest BCUT2D eigenvalue weighted by atomic mass is 9.98. The summed E-state index contributed by atoms with van der Waals surface area (Å²) in [4.78, 5) is 14.0. The predicted molar refractivity (Wildman–Crippen MR) is 66.0 cm³/mol. The van der Waals surface area contributed by atoms with Crippen LogP contribution in [-0.4, -0.2) is 42.5 Å². The van der Waals surface area contributed by atoms with E-state index in [1.807, 2.05) is 0 Å². The van der Waals surface area contributed by atoms with Crippen LogP contribution in [0.4, 0.5) is 0 Å². The minimum atomic E-state index is -0.451. The number of nitrogens with two attached hydrogens (primary N) is 1. The summed E-state index contributed by atoms with van der Waals surface area (Å²) >= 11 is 0. The minimum Gasteiger partial charge on any atom is -0.352 e. The minimum absolute atomic E-state index is 0.0540. The van der Waals surface area contributed by atoms with Crippen LogP contribution in [0.2, 0.25) is 0 Å². The summed E-state index contributed by atoms with van der Waals surface area (Å²) in [7, 11) is 2.12. The predicted octanol–water partition coefficient (Wildman–Crippen LogP) is 0.489. The highest BCUT2D eigenvalue weighted by atomic mass is 16.2. The highest BCUT2D eigenvalue weighted by Gasteiger charge is 2.25. The SMILES string of the molecule is C=CCC(N)C(=O)NC1CCN(C)C(C)C1. The van der Waals surface area contributed by atoms with Crippen molar-refractivity contribution in [1.29, 1.82) is 0 Å². The molecule has 92 valence electrons. The Morgan fingerprint density at radius 3 is 3.00 bits per heavy atom. The second-order valence-corrected chi connectivity index (χ2v) is 4.69. The van der Waals surface area contributed by atoms with Gasteiger partial charge in [-0.1, -0.05) is 6.08 Å². The molecule has 1 rings (SSSR count). The molecule has 0 aromatic carbocycles. The van der Waals surface area contributed by atoms with Crippen molar-refractivity contribution < 1.29 is 4.79 Å². The van der Waals surface area contributed by atoms with Crippen LogP contribution in [0.3, 0.4) is 0 Å². The smallest absolute Gasteiger partial charge is 0.237 e. The van der Waals surface area contributed by atoms with Gasteiger partial charge in [-0.2, -0.15) is 0 Å². The van der Waals surface area contributed by atoms with Gasteiger partial charge in [-0.3, -0.25) is 4.79 Å². The molecule has 1 amide bonds. The number of nitrogens with zero attached hydrogens (tertiary/aromatic N) is 1. The average Bonchev–Trinajstić information content (AvgIpc) is 2.24. The van der Waals surface area contributed by atoms with Crippen molar-refractivity contribution in [1.82, 2.24) is 10.2 Å². The molecule has 1 aliphatic heterocycles. The summed E-state index contributed by atoms with van der Waals surface area (Å²) in [5.41, 5.74) is 5.71. The van der Waals surface area contributed by atoms with Crippen LogP contribution in [-0.2, 0) is 4.79 Å². The molecule has 1 aliphatic rings. The Bertz CT molecular complexity index is 255. The van der Waals surface area contributed by atoms with E-state index >= 15 is 0 Å². The molecule has 0 radical (unpaired) electrons. The first kappa shape index (κ1) is 13.2. The number of likely N-dealkylation sites (tertiary alicyclic amines) is 1. The Morgan fingerprint density at radius 1 is 1.75 bits per heavy atom. The lowest BCUT2D eigenvalue weighted by Gasteiger charge is -2.35. The van der Waals surface area contributed by atoms with Crippen LogP contribution in [0.5, 0.6) is 0 Å². The van der Waals surface area contributed by atoms with E-state index in [2.05, 4.69) is 30.8 Å². The van der Waals surface area contributed by atoms with Crippen molar-refractivity contribution in [2.75, 3.05) is 13.6 Å². The topological polar surface area (TPSA) is 58.4 Å². The molecule has 4 nitrogen and oxygen atoms in total. The van der Waals surface area contributed by atoms with E-state index in [0.717, 1.165) is 19.4 Å². The number of carbonyl (C=O) groups is 1. The van der Waals surface area contributed by atoms with E-state index in [9.17, 15) is 4.79 Å². The van der Waals surface area contributed by atoms with Crippen LogP contribution in [0.15, 0.2) is 12.7 Å². The molecule has 0 aromatic rings. The molecule has 3 N–H and O–H groups in total. The summed E-state index contributed by atoms with van der Waals surface area (Å²) in [6.07, 6.45) is 4.23. The van der Waals surface area contributed by atoms with Crippen molar-refractivity contribution in [3.8, 4) is 0 Å². The third-order valence-electron chi connectivity index (χ3n) is 3.31. The van der Waals surface area contributed by atoms with Gasteiger partial charge in [-0.15, -0.1) is 6.58 Å². The van der Waals surface area contributed by atoms with Crippen LogP contribution in [0, 0.1) is 0 Å². The summed E-state index contributed by atoms with van der Waals surface area (Å²) in [5.74, 6) is -0.0540. The largest absolute Gasteiger partial charge is 0.352 e. The molecular formula is C12H23N3O. The summed E-state index contributed by atoms with van der Waals surface area (Å²) in [5, 5.41) is 3.02. The van der Waals surface area contributed by atoms with E-state index in [-0.39, 0.29) is 11.9 Å². The Kier molecular flexibility index (Phi) is 4.96. The fourth-order valence-corrected chi connectivity index (χ4v) is 2.02. The van der Waals surface area contributed by atoms with E-state index in [4.69, 9.17) is 5.73 Å². The zero-order valence-corrected chi connectivity index (χ0v) is 10.3. The van der Waals surface area contributed by atoms with Gasteiger partial charge >= 0.3 is 0 Å². The number of nitrogens with one attached hydrogen (secondary N) is 1. The van der Waals surface area contributed by atoms with Gasteiger partial charge in [0.2, 0.25) is 5.91 Å². The van der Waals surface area contributed by atoms with E-state index in [0.29, 0.717) is 12.5 Å². The van der Waals surface area contributed by atoms with Crippen molar-refractivity contribution in [3.63, 3.8) is 0 Å². The normalized spacial score (nSPS) is 28.4. The molecule has 0 aromatic heterocycles. The molecule has 3 unspecified atom stereocenters. The highest BCUT2D eigenvalue weighted by molar-refractivity contribution is 5.81. The number of amides is 1. The first-order valence-corrected chi connectivity index (χ1v) is 5.91. The van der Waals surface area contributed by atoms with Crippen molar-refractivity contribution in [3.05, 3.63) is 12.7 Å². The standard InChI is InChI=1S/C12H23N3O/c1-4-5-11(13)12(16)14-10-6-7-15(3)9(2)8-10/h4,9-11H,1,5-8,13H2,2-3H3,(H,14,16). The average molecular weight is 225 g/mol. The Balaban J connectivity index is 2.37. The van der Waals surface area contributed by atoms with E-state index in [1.54, 1.807) is 6.08 Å². The maximum absolute atomic E-state index is 11.7. The number of carbonyl (C=O) groups excluding carboxylic acids is 1. The Morgan fingerprint density at radius 2 is 2.44 bits per heavy atom. The maximum atomic E-state index is 11.7. The Labute approximate surface area is 97.9 Å². The highest BCUT2D eigenvalue weighted by Crippen LogP contribution is 2.15. The fourth-order valence-electron chi connectivity index (χ4n) is 2.02. The summed E-state index contributed by atoms with van der Waals surface area (Å²) in [6, 6.07) is 0.344. The van der Waals surface area contributed by atoms with Gasteiger partial charge < -0.3 is 16.0 Å². The molecule has 1 fully saturated rings. The second kappa shape index (κ2) is 6.01. The molecule has 0 aliphatic carbocycles. The Hall–Kier alpha value is -0.870. The summed E-state index contributed by atoms with van der Waals surface area (Å²) < 4.78 is 0. The molecule has 1 heterocycles. The van der Waals surface area contributed by atoms with Gasteiger partial charge in [0.1, 0.15) is 0 Å². The lowest BCUT2D eigenvalue weighted by Crippen LogP contribution is -2.51. The third kappa shape index (κ3) is 3.61. The number of rotatable bonds is 4. The van der Waals surface area contributed by atoms with Gasteiger partial charge in [0.05, 0.1) is 6.04 Å². The first-order chi connectivity index (χ1) is 7.54. The van der Waals surface area contributed by atoms with Gasteiger partial charge in [-0.05, 0) is 33.2 Å². The van der Waals surface area contributed by atoms with Crippen LogP contribution in [0.25, 0.3) is 0 Å².